The van der Waals surface area contributed by atoms with E-state index in [0.29, 0.717) is 0 Å². The van der Waals surface area contributed by atoms with Gasteiger partial charge in [0.25, 0.3) is 0 Å². The van der Waals surface area contributed by atoms with Gasteiger partial charge in [0.15, 0.2) is 9.84 Å². The van der Waals surface area contributed by atoms with Crippen LogP contribution < -0.4 is 0 Å². The fraction of sp³-hybridized carbons (Fsp3) is 0.417. The van der Waals surface area contributed by atoms with Crippen molar-refractivity contribution in [1.82, 2.24) is 0 Å². The van der Waals surface area contributed by atoms with Gasteiger partial charge >= 0.3 is 0 Å². The number of hydrogen-bond acceptors (Lipinski definition) is 4. The quantitative estimate of drug-likeness (QED) is 0.845. The fourth-order valence-corrected chi connectivity index (χ4v) is 3.77. The van der Waals surface area contributed by atoms with Crippen molar-refractivity contribution in [2.75, 3.05) is 13.2 Å². The number of carbonyl (C=O) groups is 1. The largest absolute Gasteiger partial charge is 0.379 e. The SMILES string of the molecule is CC(=O)Cc1ccc(S(=O)(=O)C2COC2)c(Cl)c1. The molecule has 0 bridgehead atoms. The number of sulfone groups is 1. The Morgan fingerprint density at radius 2 is 2.11 bits per heavy atom. The van der Waals surface area contributed by atoms with E-state index in [1.54, 1.807) is 6.07 Å². The first-order valence-corrected chi connectivity index (χ1v) is 7.43. The van der Waals surface area contributed by atoms with Crippen molar-refractivity contribution in [1.29, 1.82) is 0 Å². The molecule has 1 aromatic carbocycles. The van der Waals surface area contributed by atoms with Crippen molar-refractivity contribution < 1.29 is 17.9 Å². The molecule has 0 radical (unpaired) electrons. The summed E-state index contributed by atoms with van der Waals surface area (Å²) >= 11 is 5.99. The summed E-state index contributed by atoms with van der Waals surface area (Å²) in [5.74, 6) is 0.00840. The Bertz CT molecular complexity index is 576. The van der Waals surface area contributed by atoms with Crippen molar-refractivity contribution in [2.45, 2.75) is 23.5 Å². The second-order valence-corrected chi connectivity index (χ2v) is 6.95. The highest BCUT2D eigenvalue weighted by Gasteiger charge is 2.35. The third kappa shape index (κ3) is 2.58. The summed E-state index contributed by atoms with van der Waals surface area (Å²) in [6.07, 6.45) is 0.257. The minimum absolute atomic E-state index is 0.00840. The second-order valence-electron chi connectivity index (χ2n) is 4.35. The maximum absolute atomic E-state index is 12.1. The van der Waals surface area contributed by atoms with E-state index in [9.17, 15) is 13.2 Å². The van der Waals surface area contributed by atoms with Gasteiger partial charge in [0.1, 0.15) is 11.0 Å². The summed E-state index contributed by atoms with van der Waals surface area (Å²) < 4.78 is 29.2. The zero-order valence-corrected chi connectivity index (χ0v) is 11.4. The zero-order valence-electron chi connectivity index (χ0n) is 9.85. The van der Waals surface area contributed by atoms with Gasteiger partial charge in [-0.15, -0.1) is 0 Å². The Morgan fingerprint density at radius 1 is 1.44 bits per heavy atom. The minimum atomic E-state index is -3.42. The summed E-state index contributed by atoms with van der Waals surface area (Å²) in [4.78, 5) is 11.1. The van der Waals surface area contributed by atoms with Gasteiger partial charge in [0, 0.05) is 6.42 Å². The molecule has 0 saturated carbocycles. The molecule has 0 aromatic heterocycles. The molecule has 0 aliphatic carbocycles. The third-order valence-corrected chi connectivity index (χ3v) is 5.35. The predicted octanol–water partition coefficient (Wildman–Crippen LogP) is 1.64. The molecule has 0 spiro atoms. The monoisotopic (exact) mass is 288 g/mol. The van der Waals surface area contributed by atoms with Crippen LogP contribution in [0.5, 0.6) is 0 Å². The lowest BCUT2D eigenvalue weighted by Crippen LogP contribution is -2.40. The predicted molar refractivity (Wildman–Crippen MR) is 67.6 cm³/mol. The lowest BCUT2D eigenvalue weighted by molar-refractivity contribution is -0.116. The first kappa shape index (κ1) is 13.5. The molecular formula is C12H13ClO4S. The van der Waals surface area contributed by atoms with E-state index in [1.165, 1.54) is 19.1 Å². The highest BCUT2D eigenvalue weighted by Crippen LogP contribution is 2.28. The highest BCUT2D eigenvalue weighted by atomic mass is 35.5. The average molecular weight is 289 g/mol. The third-order valence-electron chi connectivity index (χ3n) is 2.80. The van der Waals surface area contributed by atoms with Crippen LogP contribution in [-0.4, -0.2) is 32.7 Å². The Labute approximate surface area is 111 Å². The molecule has 1 aromatic rings. The fourth-order valence-electron chi connectivity index (χ4n) is 1.75. The highest BCUT2D eigenvalue weighted by molar-refractivity contribution is 7.92. The first-order valence-electron chi connectivity index (χ1n) is 5.51. The number of rotatable bonds is 4. The van der Waals surface area contributed by atoms with E-state index < -0.39 is 15.1 Å². The molecule has 1 aliphatic heterocycles. The van der Waals surface area contributed by atoms with Crippen molar-refractivity contribution in [2.24, 2.45) is 0 Å². The topological polar surface area (TPSA) is 60.4 Å². The van der Waals surface area contributed by atoms with Gasteiger partial charge in [-0.05, 0) is 24.6 Å². The molecule has 98 valence electrons. The van der Waals surface area contributed by atoms with Crippen LogP contribution in [0.25, 0.3) is 0 Å². The molecule has 1 saturated heterocycles. The summed E-state index contributed by atoms with van der Waals surface area (Å²) in [6.45, 7) is 1.91. The number of Topliss-reactive ketones (excluding diaryl/α,β-unsaturated/α-hetero) is 1. The maximum Gasteiger partial charge on any atom is 0.187 e. The molecule has 1 heterocycles. The van der Waals surface area contributed by atoms with E-state index in [0.717, 1.165) is 5.56 Å². The van der Waals surface area contributed by atoms with Crippen LogP contribution in [0.3, 0.4) is 0 Å². The van der Waals surface area contributed by atoms with Gasteiger partial charge in [0.2, 0.25) is 0 Å². The van der Waals surface area contributed by atoms with E-state index >= 15 is 0 Å². The van der Waals surface area contributed by atoms with Crippen LogP contribution in [-0.2, 0) is 25.8 Å². The van der Waals surface area contributed by atoms with E-state index in [2.05, 4.69) is 0 Å². The Morgan fingerprint density at radius 3 is 2.56 bits per heavy atom. The molecule has 0 unspecified atom stereocenters. The van der Waals surface area contributed by atoms with Gasteiger partial charge in [0.05, 0.1) is 23.1 Å². The molecule has 2 rings (SSSR count). The van der Waals surface area contributed by atoms with Crippen LogP contribution in [0, 0.1) is 0 Å². The lowest BCUT2D eigenvalue weighted by Gasteiger charge is -2.26. The number of hydrogen-bond donors (Lipinski definition) is 0. The first-order chi connectivity index (χ1) is 8.41. The number of ether oxygens (including phenoxy) is 1. The molecule has 4 nitrogen and oxygen atoms in total. The second kappa shape index (κ2) is 4.99. The Kier molecular flexibility index (Phi) is 3.75. The summed E-state index contributed by atoms with van der Waals surface area (Å²) in [6, 6.07) is 4.63. The van der Waals surface area contributed by atoms with Gasteiger partial charge in [-0.25, -0.2) is 8.42 Å². The number of carbonyl (C=O) groups excluding carboxylic acids is 1. The molecule has 18 heavy (non-hydrogen) atoms. The van der Waals surface area contributed by atoms with Crippen LogP contribution in [0.15, 0.2) is 23.1 Å². The summed E-state index contributed by atoms with van der Waals surface area (Å²) in [5, 5.41) is -0.339. The van der Waals surface area contributed by atoms with E-state index in [1.807, 2.05) is 0 Å². The molecule has 0 amide bonds. The van der Waals surface area contributed by atoms with Crippen molar-refractivity contribution in [3.05, 3.63) is 28.8 Å². The minimum Gasteiger partial charge on any atom is -0.379 e. The normalized spacial score (nSPS) is 16.3. The average Bonchev–Trinajstić information content (AvgIpc) is 2.11. The zero-order chi connectivity index (χ0) is 13.3. The molecule has 1 fully saturated rings. The standard InChI is InChI=1S/C12H13ClO4S/c1-8(14)4-9-2-3-12(11(13)5-9)18(15,16)10-6-17-7-10/h2-3,5,10H,4,6-7H2,1H3. The molecule has 0 atom stereocenters. The van der Waals surface area contributed by atoms with Gasteiger partial charge in [-0.3, -0.25) is 4.79 Å². The summed E-state index contributed by atoms with van der Waals surface area (Å²) in [5.41, 5.74) is 0.719. The number of benzene rings is 1. The number of halogens is 1. The van der Waals surface area contributed by atoms with Gasteiger partial charge in [-0.1, -0.05) is 17.7 Å². The molecule has 6 heteroatoms. The number of ketones is 1. The van der Waals surface area contributed by atoms with Crippen LogP contribution >= 0.6 is 11.6 Å². The van der Waals surface area contributed by atoms with Crippen LogP contribution in [0.1, 0.15) is 12.5 Å². The van der Waals surface area contributed by atoms with E-state index in [-0.39, 0.29) is 35.3 Å². The van der Waals surface area contributed by atoms with E-state index in [4.69, 9.17) is 16.3 Å². The maximum atomic E-state index is 12.1. The Hall–Kier alpha value is -0.910. The van der Waals surface area contributed by atoms with Crippen LogP contribution in [0.4, 0.5) is 0 Å². The van der Waals surface area contributed by atoms with Gasteiger partial charge in [-0.2, -0.15) is 0 Å². The van der Waals surface area contributed by atoms with Crippen molar-refractivity contribution in [3.8, 4) is 0 Å². The molecular weight excluding hydrogens is 276 g/mol. The van der Waals surface area contributed by atoms with Crippen molar-refractivity contribution >= 4 is 27.2 Å². The smallest absolute Gasteiger partial charge is 0.187 e. The van der Waals surface area contributed by atoms with Crippen LogP contribution in [0.2, 0.25) is 5.02 Å². The van der Waals surface area contributed by atoms with Gasteiger partial charge < -0.3 is 4.74 Å². The molecule has 1 aliphatic rings. The summed E-state index contributed by atoms with van der Waals surface area (Å²) in [7, 11) is -3.42. The lowest BCUT2D eigenvalue weighted by atomic mass is 10.1. The molecule has 0 N–H and O–H groups in total. The Balaban J connectivity index is 2.32. The van der Waals surface area contributed by atoms with Crippen molar-refractivity contribution in [3.63, 3.8) is 0 Å².